The van der Waals surface area contributed by atoms with Gasteiger partial charge in [-0.15, -0.1) is 0 Å². The zero-order chi connectivity index (χ0) is 32.4. The van der Waals surface area contributed by atoms with E-state index in [0.717, 1.165) is 37.2 Å². The molecule has 3 rings (SSSR count). The van der Waals surface area contributed by atoms with E-state index in [0.29, 0.717) is 44.5 Å². The van der Waals surface area contributed by atoms with Crippen molar-refractivity contribution < 1.29 is 56.7 Å². The number of nitrogens with one attached hydrogen (secondary N) is 1. The number of hydrogen-bond donors (Lipinski definition) is 3. The van der Waals surface area contributed by atoms with Crippen LogP contribution >= 0.6 is 0 Å². The number of carbonyl (C=O) groups excluding carboxylic acids is 1. The monoisotopic (exact) mass is 630 g/mol. The summed E-state index contributed by atoms with van der Waals surface area (Å²) < 4.78 is 58.6. The minimum Gasteiger partial charge on any atom is -0.497 e. The molecular formula is C30H41F3N2O9. The molecule has 0 unspecified atom stereocenters. The highest BCUT2D eigenvalue weighted by molar-refractivity contribution is 5.76. The molecule has 0 aromatic heterocycles. The van der Waals surface area contributed by atoms with Crippen LogP contribution in [0.2, 0.25) is 0 Å². The first-order valence-electron chi connectivity index (χ1n) is 14.1. The summed E-state index contributed by atoms with van der Waals surface area (Å²) >= 11 is 0. The summed E-state index contributed by atoms with van der Waals surface area (Å²) in [6, 6.07) is 14.1. The smallest absolute Gasteiger partial charge is 0.490 e. The Balaban J connectivity index is 0.000000860. The number of carboxylic acids is 1. The van der Waals surface area contributed by atoms with Crippen molar-refractivity contribution in [3.05, 3.63) is 54.1 Å². The van der Waals surface area contributed by atoms with Gasteiger partial charge in [-0.3, -0.25) is 4.79 Å². The van der Waals surface area contributed by atoms with Crippen molar-refractivity contribution in [1.29, 1.82) is 0 Å². The van der Waals surface area contributed by atoms with Gasteiger partial charge in [0.15, 0.2) is 0 Å². The number of halogens is 3. The average molecular weight is 631 g/mol. The van der Waals surface area contributed by atoms with Gasteiger partial charge in [0.05, 0.1) is 46.0 Å². The van der Waals surface area contributed by atoms with E-state index in [9.17, 15) is 23.1 Å². The van der Waals surface area contributed by atoms with Gasteiger partial charge in [0, 0.05) is 13.7 Å². The fourth-order valence-corrected chi connectivity index (χ4v) is 4.14. The maximum Gasteiger partial charge on any atom is 0.490 e. The Hall–Kier alpha value is -3.59. The van der Waals surface area contributed by atoms with Gasteiger partial charge in [0.2, 0.25) is 5.91 Å². The highest BCUT2D eigenvalue weighted by Crippen LogP contribution is 2.23. The molecule has 44 heavy (non-hydrogen) atoms. The van der Waals surface area contributed by atoms with E-state index in [2.05, 4.69) is 10.2 Å². The fraction of sp³-hybridized carbons (Fsp3) is 0.533. The number of methoxy groups -OCH3 is 2. The number of benzene rings is 2. The van der Waals surface area contributed by atoms with Gasteiger partial charge in [0.25, 0.3) is 0 Å². The molecule has 1 fully saturated rings. The topological polar surface area (TPSA) is 136 Å². The van der Waals surface area contributed by atoms with Crippen LogP contribution in [0.3, 0.4) is 0 Å². The van der Waals surface area contributed by atoms with E-state index >= 15 is 0 Å². The number of aliphatic hydroxyl groups is 1. The van der Waals surface area contributed by atoms with Gasteiger partial charge in [-0.05, 0) is 67.9 Å². The summed E-state index contributed by atoms with van der Waals surface area (Å²) in [7, 11) is 3.24. The van der Waals surface area contributed by atoms with Crippen molar-refractivity contribution in [2.24, 2.45) is 0 Å². The first-order valence-corrected chi connectivity index (χ1v) is 14.1. The molecule has 2 aromatic rings. The number of rotatable bonds is 17. The molecule has 0 saturated carbocycles. The van der Waals surface area contributed by atoms with Crippen molar-refractivity contribution in [2.75, 3.05) is 66.9 Å². The van der Waals surface area contributed by atoms with Crippen molar-refractivity contribution in [2.45, 2.75) is 37.6 Å². The first kappa shape index (κ1) is 36.6. The van der Waals surface area contributed by atoms with Gasteiger partial charge >= 0.3 is 12.1 Å². The molecule has 0 bridgehead atoms. The van der Waals surface area contributed by atoms with Crippen molar-refractivity contribution in [3.63, 3.8) is 0 Å². The molecule has 1 amide bonds. The summed E-state index contributed by atoms with van der Waals surface area (Å²) in [6.07, 6.45) is -3.48. The highest BCUT2D eigenvalue weighted by Gasteiger charge is 2.38. The number of amides is 1. The number of nitrogens with zero attached hydrogens (tertiary/aromatic N) is 1. The minimum atomic E-state index is -5.08. The molecule has 0 aliphatic carbocycles. The molecular weight excluding hydrogens is 589 g/mol. The van der Waals surface area contributed by atoms with Crippen molar-refractivity contribution in [3.8, 4) is 17.2 Å². The lowest BCUT2D eigenvalue weighted by Gasteiger charge is -2.29. The maximum atomic E-state index is 12.7. The molecule has 2 aromatic carbocycles. The van der Waals surface area contributed by atoms with E-state index in [1.165, 1.54) is 0 Å². The highest BCUT2D eigenvalue weighted by atomic mass is 19.4. The molecule has 1 heterocycles. The van der Waals surface area contributed by atoms with Gasteiger partial charge < -0.3 is 44.1 Å². The third-order valence-electron chi connectivity index (χ3n) is 6.43. The number of carbonyl (C=O) groups is 2. The first-order chi connectivity index (χ1) is 21.0. The SMILES string of the molecule is COCCOCCOc1ccc([C@@H](O)[C@@H](CN2CCCC2)NC(=O)CCOc2ccc(OC)cc2)cc1.O=C(O)C(F)(F)F. The normalized spacial score (nSPS) is 14.6. The predicted molar refractivity (Wildman–Crippen MR) is 154 cm³/mol. The lowest BCUT2D eigenvalue weighted by Crippen LogP contribution is -2.47. The Morgan fingerprint density at radius 3 is 1.93 bits per heavy atom. The average Bonchev–Trinajstić information content (AvgIpc) is 3.52. The summed E-state index contributed by atoms with van der Waals surface area (Å²) in [5.74, 6) is -0.804. The van der Waals surface area contributed by atoms with Crippen LogP contribution in [0.25, 0.3) is 0 Å². The molecule has 11 nitrogen and oxygen atoms in total. The van der Waals surface area contributed by atoms with Crippen molar-refractivity contribution in [1.82, 2.24) is 10.2 Å². The Kier molecular flexibility index (Phi) is 16.3. The Morgan fingerprint density at radius 1 is 0.864 bits per heavy atom. The van der Waals surface area contributed by atoms with Crippen LogP contribution in [0.4, 0.5) is 13.2 Å². The molecule has 0 spiro atoms. The van der Waals surface area contributed by atoms with Gasteiger partial charge in [-0.2, -0.15) is 13.2 Å². The molecule has 1 aliphatic heterocycles. The second-order valence-electron chi connectivity index (χ2n) is 9.73. The molecule has 1 aliphatic rings. The second kappa shape index (κ2) is 19.6. The largest absolute Gasteiger partial charge is 0.497 e. The second-order valence-corrected chi connectivity index (χ2v) is 9.73. The molecule has 1 saturated heterocycles. The number of aliphatic hydroxyl groups excluding tert-OH is 1. The van der Waals surface area contributed by atoms with Gasteiger partial charge in [-0.1, -0.05) is 12.1 Å². The summed E-state index contributed by atoms with van der Waals surface area (Å²) in [5, 5.41) is 21.3. The number of likely N-dealkylation sites (tertiary alicyclic amines) is 1. The van der Waals surface area contributed by atoms with E-state index < -0.39 is 24.3 Å². The van der Waals surface area contributed by atoms with E-state index in [1.54, 1.807) is 26.4 Å². The predicted octanol–water partition coefficient (Wildman–Crippen LogP) is 3.45. The Labute approximate surface area is 254 Å². The van der Waals surface area contributed by atoms with E-state index in [4.69, 9.17) is 33.6 Å². The van der Waals surface area contributed by atoms with Crippen LogP contribution < -0.4 is 19.5 Å². The zero-order valence-corrected chi connectivity index (χ0v) is 24.9. The third-order valence-corrected chi connectivity index (χ3v) is 6.43. The fourth-order valence-electron chi connectivity index (χ4n) is 4.14. The van der Waals surface area contributed by atoms with Crippen LogP contribution in [0.1, 0.15) is 30.9 Å². The van der Waals surface area contributed by atoms with Crippen LogP contribution in [0.15, 0.2) is 48.5 Å². The molecule has 2 atom stereocenters. The van der Waals surface area contributed by atoms with E-state index in [-0.39, 0.29) is 18.9 Å². The van der Waals surface area contributed by atoms with Gasteiger partial charge in [0.1, 0.15) is 30.0 Å². The zero-order valence-electron chi connectivity index (χ0n) is 24.9. The van der Waals surface area contributed by atoms with Crippen LogP contribution in [0, 0.1) is 0 Å². The summed E-state index contributed by atoms with van der Waals surface area (Å²) in [5.41, 5.74) is 0.725. The van der Waals surface area contributed by atoms with Crippen LogP contribution in [0.5, 0.6) is 17.2 Å². The number of aliphatic carboxylic acids is 1. The Bertz CT molecular complexity index is 1100. The van der Waals surface area contributed by atoms with Gasteiger partial charge in [-0.25, -0.2) is 4.79 Å². The maximum absolute atomic E-state index is 12.7. The number of alkyl halides is 3. The molecule has 14 heteroatoms. The van der Waals surface area contributed by atoms with Crippen LogP contribution in [-0.4, -0.2) is 106 Å². The van der Waals surface area contributed by atoms with Crippen molar-refractivity contribution >= 4 is 11.9 Å². The lowest BCUT2D eigenvalue weighted by atomic mass is 10.0. The molecule has 0 radical (unpaired) electrons. The number of ether oxygens (including phenoxy) is 5. The van der Waals surface area contributed by atoms with E-state index in [1.807, 2.05) is 36.4 Å². The number of carboxylic acid groups (broad SMARTS) is 1. The molecule has 246 valence electrons. The summed E-state index contributed by atoms with van der Waals surface area (Å²) in [4.78, 5) is 23.9. The summed E-state index contributed by atoms with van der Waals surface area (Å²) in [6.45, 7) is 4.75. The quantitative estimate of drug-likeness (QED) is 0.223. The molecule has 3 N–H and O–H groups in total. The minimum absolute atomic E-state index is 0.162. The Morgan fingerprint density at radius 2 is 1.39 bits per heavy atom. The third kappa shape index (κ3) is 14.3. The number of hydrogen-bond acceptors (Lipinski definition) is 9. The standard InChI is InChI=1S/C28H40N2O7.C2HF3O2/c1-33-17-18-35-19-20-37-24-7-5-22(6-8-24)28(32)26(21-30-14-3-4-15-30)29-27(31)13-16-36-25-11-9-23(34-2)10-12-25;3-2(4,5)1(6)7/h5-12,26,28,32H,3-4,13-21H2,1-2H3,(H,29,31);(H,6,7)/t26-,28-;/m1./s1. The lowest BCUT2D eigenvalue weighted by molar-refractivity contribution is -0.192. The van der Waals surface area contributed by atoms with Crippen LogP contribution in [-0.2, 0) is 19.1 Å².